The maximum atomic E-state index is 12.8. The van der Waals surface area contributed by atoms with E-state index in [0.717, 1.165) is 28.9 Å². The van der Waals surface area contributed by atoms with Crippen molar-refractivity contribution in [3.8, 4) is 0 Å². The van der Waals surface area contributed by atoms with Crippen LogP contribution in [0.2, 0.25) is 0 Å². The first-order chi connectivity index (χ1) is 12.3. The molecule has 0 amide bonds. The van der Waals surface area contributed by atoms with Crippen LogP contribution in [0.25, 0.3) is 0 Å². The number of hydrogen-bond donors (Lipinski definition) is 2. The third-order valence-electron chi connectivity index (χ3n) is 3.76. The van der Waals surface area contributed by atoms with Gasteiger partial charge in [0.1, 0.15) is 5.82 Å². The lowest BCUT2D eigenvalue weighted by atomic mass is 10.1. The Morgan fingerprint density at radius 1 is 0.923 bits per heavy atom. The van der Waals surface area contributed by atoms with Gasteiger partial charge >= 0.3 is 6.18 Å². The fraction of sp³-hybridized carbons (Fsp3) is 0.158. The van der Waals surface area contributed by atoms with Crippen molar-refractivity contribution in [2.75, 3.05) is 10.6 Å². The molecule has 2 N–H and O–H groups in total. The van der Waals surface area contributed by atoms with Crippen LogP contribution in [0.3, 0.4) is 0 Å². The Morgan fingerprint density at radius 2 is 1.73 bits per heavy atom. The van der Waals surface area contributed by atoms with E-state index in [1.54, 1.807) is 12.1 Å². The Balaban J connectivity index is 1.81. The second-order valence-electron chi connectivity index (χ2n) is 5.91. The molecule has 0 fully saturated rings. The van der Waals surface area contributed by atoms with Gasteiger partial charge in [-0.3, -0.25) is 0 Å². The highest BCUT2D eigenvalue weighted by Gasteiger charge is 2.30. The Bertz CT molecular complexity index is 923. The highest BCUT2D eigenvalue weighted by atomic mass is 19.4. The van der Waals surface area contributed by atoms with Gasteiger partial charge in [0.25, 0.3) is 0 Å². The second kappa shape index (κ2) is 7.03. The number of anilines is 4. The molecule has 0 saturated heterocycles. The molecule has 0 aliphatic carbocycles. The number of benzene rings is 2. The largest absolute Gasteiger partial charge is 0.416 e. The van der Waals surface area contributed by atoms with Gasteiger partial charge in [-0.05, 0) is 55.3 Å². The molecule has 0 aliphatic rings. The normalized spacial score (nSPS) is 11.3. The summed E-state index contributed by atoms with van der Waals surface area (Å²) in [4.78, 5) is 8.47. The highest BCUT2D eigenvalue weighted by Crippen LogP contribution is 2.31. The van der Waals surface area contributed by atoms with E-state index in [4.69, 9.17) is 0 Å². The molecular formula is C19H17F3N4. The Morgan fingerprint density at radius 3 is 2.50 bits per heavy atom. The van der Waals surface area contributed by atoms with E-state index in [-0.39, 0.29) is 0 Å². The zero-order chi connectivity index (χ0) is 18.7. The Hall–Kier alpha value is -3.09. The second-order valence-corrected chi connectivity index (χ2v) is 5.91. The van der Waals surface area contributed by atoms with Gasteiger partial charge in [0.15, 0.2) is 0 Å². The molecule has 0 radical (unpaired) electrons. The Kier molecular flexibility index (Phi) is 4.79. The molecule has 0 bridgehead atoms. The number of alkyl halides is 3. The molecule has 0 aliphatic heterocycles. The topological polar surface area (TPSA) is 49.8 Å². The van der Waals surface area contributed by atoms with Crippen LogP contribution in [-0.2, 0) is 6.18 Å². The molecule has 134 valence electrons. The maximum Gasteiger partial charge on any atom is 0.416 e. The first-order valence-corrected chi connectivity index (χ1v) is 7.93. The van der Waals surface area contributed by atoms with Gasteiger partial charge in [-0.2, -0.15) is 18.2 Å². The number of nitrogens with one attached hydrogen (secondary N) is 2. The van der Waals surface area contributed by atoms with E-state index in [1.807, 2.05) is 32.0 Å². The van der Waals surface area contributed by atoms with Crippen LogP contribution in [0.4, 0.5) is 36.3 Å². The third-order valence-corrected chi connectivity index (χ3v) is 3.76. The number of hydrogen-bond acceptors (Lipinski definition) is 4. The summed E-state index contributed by atoms with van der Waals surface area (Å²) < 4.78 is 38.5. The molecule has 0 unspecified atom stereocenters. The molecule has 3 rings (SSSR count). The van der Waals surface area contributed by atoms with E-state index in [1.165, 1.54) is 12.3 Å². The summed E-state index contributed by atoms with van der Waals surface area (Å²) in [5, 5.41) is 6.01. The van der Waals surface area contributed by atoms with Gasteiger partial charge in [-0.25, -0.2) is 4.98 Å². The van der Waals surface area contributed by atoms with Gasteiger partial charge in [0, 0.05) is 17.6 Å². The highest BCUT2D eigenvalue weighted by molar-refractivity contribution is 5.62. The lowest BCUT2D eigenvalue weighted by molar-refractivity contribution is -0.137. The molecule has 3 aromatic rings. The molecule has 1 aromatic heterocycles. The molecule has 0 spiro atoms. The van der Waals surface area contributed by atoms with Gasteiger partial charge in [-0.1, -0.05) is 18.2 Å². The van der Waals surface area contributed by atoms with E-state index in [0.29, 0.717) is 17.5 Å². The van der Waals surface area contributed by atoms with Crippen molar-refractivity contribution in [3.63, 3.8) is 0 Å². The molecule has 2 aromatic carbocycles. The summed E-state index contributed by atoms with van der Waals surface area (Å²) in [6.45, 7) is 3.95. The van der Waals surface area contributed by atoms with E-state index in [9.17, 15) is 13.2 Å². The third kappa shape index (κ3) is 4.30. The van der Waals surface area contributed by atoms with E-state index >= 15 is 0 Å². The van der Waals surface area contributed by atoms with Crippen molar-refractivity contribution >= 4 is 23.1 Å². The first kappa shape index (κ1) is 17.7. The molecule has 0 saturated carbocycles. The molecule has 4 nitrogen and oxygen atoms in total. The van der Waals surface area contributed by atoms with Gasteiger partial charge < -0.3 is 10.6 Å². The van der Waals surface area contributed by atoms with Crippen LogP contribution in [0.5, 0.6) is 0 Å². The average Bonchev–Trinajstić information content (AvgIpc) is 2.58. The van der Waals surface area contributed by atoms with Crippen molar-refractivity contribution in [3.05, 3.63) is 71.4 Å². The predicted molar refractivity (Wildman–Crippen MR) is 96.0 cm³/mol. The molecule has 0 atom stereocenters. The van der Waals surface area contributed by atoms with Crippen molar-refractivity contribution in [1.82, 2.24) is 9.97 Å². The number of aryl methyl sites for hydroxylation is 2. The van der Waals surface area contributed by atoms with E-state index in [2.05, 4.69) is 20.6 Å². The fourth-order valence-corrected chi connectivity index (χ4v) is 2.40. The quantitative estimate of drug-likeness (QED) is 0.637. The number of halogens is 3. The fourth-order valence-electron chi connectivity index (χ4n) is 2.40. The minimum atomic E-state index is -4.39. The van der Waals surface area contributed by atoms with E-state index < -0.39 is 11.7 Å². The predicted octanol–water partition coefficient (Wildman–Crippen LogP) is 5.60. The van der Waals surface area contributed by atoms with Crippen LogP contribution in [0, 0.1) is 13.8 Å². The maximum absolute atomic E-state index is 12.8. The van der Waals surface area contributed by atoms with Crippen molar-refractivity contribution in [2.24, 2.45) is 0 Å². The van der Waals surface area contributed by atoms with Crippen LogP contribution < -0.4 is 10.6 Å². The smallest absolute Gasteiger partial charge is 0.340 e. The number of aromatic nitrogens is 2. The summed E-state index contributed by atoms with van der Waals surface area (Å²) in [6, 6.07) is 12.5. The van der Waals surface area contributed by atoms with Crippen LogP contribution in [0.15, 0.2) is 54.7 Å². The summed E-state index contributed by atoms with van der Waals surface area (Å²) >= 11 is 0. The van der Waals surface area contributed by atoms with Crippen molar-refractivity contribution < 1.29 is 13.2 Å². The minimum Gasteiger partial charge on any atom is -0.340 e. The van der Waals surface area contributed by atoms with Crippen LogP contribution in [-0.4, -0.2) is 9.97 Å². The van der Waals surface area contributed by atoms with Crippen LogP contribution in [0.1, 0.15) is 16.7 Å². The summed E-state index contributed by atoms with van der Waals surface area (Å²) in [5.74, 6) is 0.753. The standard InChI is InChI=1S/C19H17F3N4/c1-12-6-7-13(2)16(10-12)25-18-23-9-8-17(26-18)24-15-5-3-4-14(11-15)19(20,21)22/h3-11H,1-2H3,(H2,23,24,25,26). The lowest BCUT2D eigenvalue weighted by Crippen LogP contribution is -2.06. The molecule has 26 heavy (non-hydrogen) atoms. The minimum absolute atomic E-state index is 0.302. The molecular weight excluding hydrogens is 341 g/mol. The number of rotatable bonds is 4. The monoisotopic (exact) mass is 358 g/mol. The molecule has 1 heterocycles. The summed E-state index contributed by atoms with van der Waals surface area (Å²) in [7, 11) is 0. The van der Waals surface area contributed by atoms with Crippen LogP contribution >= 0.6 is 0 Å². The lowest BCUT2D eigenvalue weighted by Gasteiger charge is -2.12. The van der Waals surface area contributed by atoms with Gasteiger partial charge in [0.2, 0.25) is 5.95 Å². The zero-order valence-corrected chi connectivity index (χ0v) is 14.2. The zero-order valence-electron chi connectivity index (χ0n) is 14.2. The first-order valence-electron chi connectivity index (χ1n) is 7.93. The number of nitrogens with zero attached hydrogens (tertiary/aromatic N) is 2. The van der Waals surface area contributed by atoms with Gasteiger partial charge in [-0.15, -0.1) is 0 Å². The van der Waals surface area contributed by atoms with Crippen molar-refractivity contribution in [1.29, 1.82) is 0 Å². The summed E-state index contributed by atoms with van der Waals surface area (Å²) in [6.07, 6.45) is -2.85. The van der Waals surface area contributed by atoms with Crippen molar-refractivity contribution in [2.45, 2.75) is 20.0 Å². The summed E-state index contributed by atoms with van der Waals surface area (Å²) in [5.41, 5.74) is 2.59. The SMILES string of the molecule is Cc1ccc(C)c(Nc2nccc(Nc3cccc(C(F)(F)F)c3)n2)c1. The Labute approximate surface area is 149 Å². The molecule has 7 heteroatoms. The average molecular weight is 358 g/mol. The van der Waals surface area contributed by atoms with Gasteiger partial charge in [0.05, 0.1) is 5.56 Å².